The van der Waals surface area contributed by atoms with Gasteiger partial charge in [-0.3, -0.25) is 9.78 Å². The molecule has 2 aromatic heterocycles. The molecule has 0 radical (unpaired) electrons. The lowest BCUT2D eigenvalue weighted by atomic mass is 10.2. The third kappa shape index (κ3) is 4.24. The van der Waals surface area contributed by atoms with E-state index in [2.05, 4.69) is 20.2 Å². The van der Waals surface area contributed by atoms with Crippen molar-refractivity contribution in [1.29, 1.82) is 0 Å². The van der Waals surface area contributed by atoms with Crippen LogP contribution in [0.3, 0.4) is 0 Å². The van der Waals surface area contributed by atoms with Crippen LogP contribution in [0.5, 0.6) is 0 Å². The highest BCUT2D eigenvalue weighted by molar-refractivity contribution is 6.02. The van der Waals surface area contributed by atoms with E-state index in [1.807, 2.05) is 0 Å². The largest absolute Gasteiger partial charge is 0.416 e. The van der Waals surface area contributed by atoms with Crippen molar-refractivity contribution in [3.8, 4) is 0 Å². The summed E-state index contributed by atoms with van der Waals surface area (Å²) in [5, 5.41) is 2.44. The van der Waals surface area contributed by atoms with Crippen LogP contribution < -0.4 is 10.2 Å². The van der Waals surface area contributed by atoms with Gasteiger partial charge in [0.05, 0.1) is 30.7 Å². The number of halogens is 3. The number of hydrogen-bond acceptors (Lipinski definition) is 5. The standard InChI is InChI=1S/C16H15F3N4O2/c17-16(18,19)11-3-4-20-13(9-11)15(24)22-14-2-1-12(10-21-14)23-5-7-25-8-6-23/h1-4,9-10H,5-8H2,(H,21,22,24). The summed E-state index contributed by atoms with van der Waals surface area (Å²) >= 11 is 0. The van der Waals surface area contributed by atoms with Crippen molar-refractivity contribution in [2.24, 2.45) is 0 Å². The lowest BCUT2D eigenvalue weighted by Gasteiger charge is -2.28. The molecule has 3 rings (SSSR count). The van der Waals surface area contributed by atoms with E-state index in [4.69, 9.17) is 4.74 Å². The van der Waals surface area contributed by atoms with Gasteiger partial charge in [-0.2, -0.15) is 13.2 Å². The molecule has 1 aliphatic heterocycles. The summed E-state index contributed by atoms with van der Waals surface area (Å²) in [7, 11) is 0. The van der Waals surface area contributed by atoms with Crippen LogP contribution in [-0.4, -0.2) is 42.2 Å². The van der Waals surface area contributed by atoms with Crippen LogP contribution in [0.4, 0.5) is 24.7 Å². The third-order valence-corrected chi connectivity index (χ3v) is 3.69. The first-order valence-corrected chi connectivity index (χ1v) is 7.57. The number of carbonyl (C=O) groups is 1. The van der Waals surface area contributed by atoms with Gasteiger partial charge in [0.2, 0.25) is 0 Å². The van der Waals surface area contributed by atoms with E-state index < -0.39 is 17.6 Å². The summed E-state index contributed by atoms with van der Waals surface area (Å²) in [5.74, 6) is -0.515. The van der Waals surface area contributed by atoms with Crippen molar-refractivity contribution >= 4 is 17.4 Å². The molecule has 0 bridgehead atoms. The minimum atomic E-state index is -4.53. The normalized spacial score (nSPS) is 15.1. The molecule has 6 nitrogen and oxygen atoms in total. The fourth-order valence-corrected chi connectivity index (χ4v) is 2.38. The fraction of sp³-hybridized carbons (Fsp3) is 0.312. The van der Waals surface area contributed by atoms with Gasteiger partial charge in [0.25, 0.3) is 5.91 Å². The lowest BCUT2D eigenvalue weighted by molar-refractivity contribution is -0.137. The van der Waals surface area contributed by atoms with E-state index in [1.165, 1.54) is 0 Å². The average molecular weight is 352 g/mol. The number of amides is 1. The maximum absolute atomic E-state index is 12.7. The second-order valence-electron chi connectivity index (χ2n) is 5.38. The smallest absolute Gasteiger partial charge is 0.378 e. The second-order valence-corrected chi connectivity index (χ2v) is 5.38. The first kappa shape index (κ1) is 17.2. The number of pyridine rings is 2. The molecule has 1 aliphatic rings. The molecule has 3 heterocycles. The van der Waals surface area contributed by atoms with E-state index in [9.17, 15) is 18.0 Å². The summed E-state index contributed by atoms with van der Waals surface area (Å²) in [6.45, 7) is 2.78. The fourth-order valence-electron chi connectivity index (χ4n) is 2.38. The molecule has 1 N–H and O–H groups in total. The summed E-state index contributed by atoms with van der Waals surface area (Å²) in [4.78, 5) is 22.0. The summed E-state index contributed by atoms with van der Waals surface area (Å²) < 4.78 is 43.4. The van der Waals surface area contributed by atoms with Gasteiger partial charge in [-0.1, -0.05) is 0 Å². The first-order valence-electron chi connectivity index (χ1n) is 7.57. The van der Waals surface area contributed by atoms with Gasteiger partial charge < -0.3 is 15.0 Å². The summed E-state index contributed by atoms with van der Waals surface area (Å²) in [5.41, 5.74) is -0.365. The van der Waals surface area contributed by atoms with Gasteiger partial charge in [0.15, 0.2) is 0 Å². The first-order chi connectivity index (χ1) is 11.9. The Morgan fingerprint density at radius 2 is 1.92 bits per heavy atom. The van der Waals surface area contributed by atoms with E-state index in [0.717, 1.165) is 31.0 Å². The molecule has 0 atom stereocenters. The van der Waals surface area contributed by atoms with Crippen LogP contribution in [0.15, 0.2) is 36.7 Å². The molecule has 0 saturated carbocycles. The Hall–Kier alpha value is -2.68. The van der Waals surface area contributed by atoms with Crippen LogP contribution >= 0.6 is 0 Å². The predicted molar refractivity (Wildman–Crippen MR) is 84.5 cm³/mol. The van der Waals surface area contributed by atoms with Crippen molar-refractivity contribution in [3.63, 3.8) is 0 Å². The van der Waals surface area contributed by atoms with Gasteiger partial charge in [-0.15, -0.1) is 0 Å². The maximum atomic E-state index is 12.7. The number of rotatable bonds is 3. The summed E-state index contributed by atoms with van der Waals surface area (Å²) in [6, 6.07) is 4.90. The van der Waals surface area contributed by atoms with Gasteiger partial charge in [0, 0.05) is 19.3 Å². The van der Waals surface area contributed by atoms with Gasteiger partial charge >= 0.3 is 6.18 Å². The molecule has 132 valence electrons. The molecule has 0 unspecified atom stereocenters. The quantitative estimate of drug-likeness (QED) is 0.920. The van der Waals surface area contributed by atoms with Crippen molar-refractivity contribution in [2.45, 2.75) is 6.18 Å². The van der Waals surface area contributed by atoms with Gasteiger partial charge in [0.1, 0.15) is 11.5 Å². The Kier molecular flexibility index (Phi) is 4.84. The van der Waals surface area contributed by atoms with Crippen LogP contribution in [0.1, 0.15) is 16.1 Å². The Morgan fingerprint density at radius 1 is 1.16 bits per heavy atom. The monoisotopic (exact) mass is 352 g/mol. The van der Waals surface area contributed by atoms with Crippen molar-refractivity contribution in [2.75, 3.05) is 36.5 Å². The zero-order chi connectivity index (χ0) is 17.9. The highest BCUT2D eigenvalue weighted by Crippen LogP contribution is 2.29. The molecular formula is C16H15F3N4O2. The zero-order valence-corrected chi connectivity index (χ0v) is 13.1. The predicted octanol–water partition coefficient (Wildman–Crippen LogP) is 2.58. The minimum absolute atomic E-state index is 0.237. The Balaban J connectivity index is 1.68. The van der Waals surface area contributed by atoms with Gasteiger partial charge in [-0.25, -0.2) is 4.98 Å². The average Bonchev–Trinajstić information content (AvgIpc) is 2.62. The number of ether oxygens (including phenoxy) is 1. The SMILES string of the molecule is O=C(Nc1ccc(N2CCOCC2)cn1)c1cc(C(F)(F)F)ccn1. The van der Waals surface area contributed by atoms with E-state index in [1.54, 1.807) is 18.3 Å². The molecule has 0 aliphatic carbocycles. The Bertz CT molecular complexity index is 744. The van der Waals surface area contributed by atoms with Crippen molar-refractivity contribution in [1.82, 2.24) is 9.97 Å². The van der Waals surface area contributed by atoms with Crippen LogP contribution in [-0.2, 0) is 10.9 Å². The van der Waals surface area contributed by atoms with Crippen LogP contribution in [0, 0.1) is 0 Å². The highest BCUT2D eigenvalue weighted by Gasteiger charge is 2.31. The summed E-state index contributed by atoms with van der Waals surface area (Å²) in [6.07, 6.45) is -1.98. The Morgan fingerprint density at radius 3 is 2.56 bits per heavy atom. The third-order valence-electron chi connectivity index (χ3n) is 3.69. The number of nitrogens with zero attached hydrogens (tertiary/aromatic N) is 3. The number of alkyl halides is 3. The number of anilines is 2. The number of carbonyl (C=O) groups excluding carboxylic acids is 1. The van der Waals surface area contributed by atoms with E-state index in [-0.39, 0.29) is 11.5 Å². The van der Waals surface area contributed by atoms with E-state index >= 15 is 0 Å². The van der Waals surface area contributed by atoms with Crippen molar-refractivity contribution < 1.29 is 22.7 Å². The maximum Gasteiger partial charge on any atom is 0.416 e. The topological polar surface area (TPSA) is 67.4 Å². The molecular weight excluding hydrogens is 337 g/mol. The molecule has 0 spiro atoms. The van der Waals surface area contributed by atoms with Crippen LogP contribution in [0.2, 0.25) is 0 Å². The highest BCUT2D eigenvalue weighted by atomic mass is 19.4. The molecule has 2 aromatic rings. The Labute approximate surface area is 141 Å². The van der Waals surface area contributed by atoms with E-state index in [0.29, 0.717) is 19.3 Å². The number of nitrogens with one attached hydrogen (secondary N) is 1. The van der Waals surface area contributed by atoms with Crippen LogP contribution in [0.25, 0.3) is 0 Å². The number of aromatic nitrogens is 2. The van der Waals surface area contributed by atoms with Crippen molar-refractivity contribution in [3.05, 3.63) is 47.9 Å². The second kappa shape index (κ2) is 7.06. The molecule has 1 fully saturated rings. The number of morpholine rings is 1. The molecule has 9 heteroatoms. The molecule has 25 heavy (non-hydrogen) atoms. The minimum Gasteiger partial charge on any atom is -0.378 e. The lowest BCUT2D eigenvalue weighted by Crippen LogP contribution is -2.36. The number of hydrogen-bond donors (Lipinski definition) is 1. The zero-order valence-electron chi connectivity index (χ0n) is 13.1. The molecule has 1 saturated heterocycles. The molecule has 0 aromatic carbocycles. The molecule has 1 amide bonds. The van der Waals surface area contributed by atoms with Gasteiger partial charge in [-0.05, 0) is 24.3 Å².